The standard InChI is InChI=1S/C46H31NS/c1-4-14-32(15-5-1)35-26-29-43(42(30-35)33-16-6-2-7-17-33)47(36-18-8-3-9-19-36)37-27-24-34(25-28-37)41-31-45-46(39-21-11-10-20-38(39)41)40-22-12-13-23-44(40)48-45/h1-31H. The van der Waals surface area contributed by atoms with Gasteiger partial charge >= 0.3 is 0 Å². The van der Waals surface area contributed by atoms with Gasteiger partial charge < -0.3 is 4.90 Å². The third-order valence-electron chi connectivity index (χ3n) is 9.26. The molecule has 0 bridgehead atoms. The summed E-state index contributed by atoms with van der Waals surface area (Å²) in [4.78, 5) is 2.38. The van der Waals surface area contributed by atoms with Gasteiger partial charge in [0, 0.05) is 37.1 Å². The van der Waals surface area contributed by atoms with Crippen molar-refractivity contribution in [3.63, 3.8) is 0 Å². The van der Waals surface area contributed by atoms with Crippen LogP contribution in [0, 0.1) is 0 Å². The molecule has 0 unspecified atom stereocenters. The van der Waals surface area contributed by atoms with E-state index in [0.29, 0.717) is 0 Å². The fraction of sp³-hybridized carbons (Fsp3) is 0. The highest BCUT2D eigenvalue weighted by Crippen LogP contribution is 2.45. The third kappa shape index (κ3) is 4.95. The van der Waals surface area contributed by atoms with Crippen molar-refractivity contribution >= 4 is 59.3 Å². The van der Waals surface area contributed by atoms with Crippen LogP contribution < -0.4 is 4.90 Å². The van der Waals surface area contributed by atoms with E-state index >= 15 is 0 Å². The molecule has 0 saturated heterocycles. The number of hydrogen-bond acceptors (Lipinski definition) is 2. The summed E-state index contributed by atoms with van der Waals surface area (Å²) in [5, 5.41) is 5.28. The maximum atomic E-state index is 2.39. The van der Waals surface area contributed by atoms with E-state index in [1.54, 1.807) is 0 Å². The third-order valence-corrected chi connectivity index (χ3v) is 10.4. The smallest absolute Gasteiger partial charge is 0.0540 e. The highest BCUT2D eigenvalue weighted by Gasteiger charge is 2.19. The summed E-state index contributed by atoms with van der Waals surface area (Å²) >= 11 is 1.88. The molecule has 0 fully saturated rings. The molecule has 0 radical (unpaired) electrons. The van der Waals surface area contributed by atoms with Crippen LogP contribution in [0.3, 0.4) is 0 Å². The molecule has 226 valence electrons. The molecule has 9 rings (SSSR count). The summed E-state index contributed by atoms with van der Waals surface area (Å²) in [7, 11) is 0. The zero-order valence-electron chi connectivity index (χ0n) is 26.3. The van der Waals surface area contributed by atoms with E-state index in [9.17, 15) is 0 Å². The second-order valence-corrected chi connectivity index (χ2v) is 13.2. The van der Waals surface area contributed by atoms with Crippen molar-refractivity contribution in [3.05, 3.63) is 188 Å². The summed E-state index contributed by atoms with van der Waals surface area (Å²) < 4.78 is 2.65. The second kappa shape index (κ2) is 12.0. The summed E-state index contributed by atoms with van der Waals surface area (Å²) in [6.45, 7) is 0. The lowest BCUT2D eigenvalue weighted by Gasteiger charge is -2.28. The number of rotatable bonds is 6. The lowest BCUT2D eigenvalue weighted by Crippen LogP contribution is -2.11. The molecule has 1 nitrogen and oxygen atoms in total. The average Bonchev–Trinajstić information content (AvgIpc) is 3.55. The summed E-state index contributed by atoms with van der Waals surface area (Å²) in [6, 6.07) is 68.0. The summed E-state index contributed by atoms with van der Waals surface area (Å²) in [5.74, 6) is 0. The van der Waals surface area contributed by atoms with Gasteiger partial charge in [0.2, 0.25) is 0 Å². The van der Waals surface area contributed by atoms with E-state index in [2.05, 4.69) is 193 Å². The first kappa shape index (κ1) is 28.3. The Morgan fingerprint density at radius 1 is 0.333 bits per heavy atom. The Kier molecular flexibility index (Phi) is 7.07. The summed E-state index contributed by atoms with van der Waals surface area (Å²) in [6.07, 6.45) is 0. The van der Waals surface area contributed by atoms with Crippen LogP contribution >= 0.6 is 11.3 Å². The van der Waals surface area contributed by atoms with E-state index in [0.717, 1.165) is 17.1 Å². The van der Waals surface area contributed by atoms with Gasteiger partial charge in [-0.25, -0.2) is 0 Å². The quantitative estimate of drug-likeness (QED) is 0.177. The molecule has 48 heavy (non-hydrogen) atoms. The van der Waals surface area contributed by atoms with Crippen LogP contribution in [0.25, 0.3) is 64.3 Å². The maximum Gasteiger partial charge on any atom is 0.0540 e. The molecular weight excluding hydrogens is 599 g/mol. The van der Waals surface area contributed by atoms with Crippen LogP contribution in [0.15, 0.2) is 188 Å². The molecule has 0 saturated carbocycles. The number of para-hydroxylation sites is 1. The molecule has 0 aliphatic heterocycles. The number of thiophene rings is 1. The van der Waals surface area contributed by atoms with Gasteiger partial charge in [0.05, 0.1) is 5.69 Å². The van der Waals surface area contributed by atoms with Gasteiger partial charge in [-0.2, -0.15) is 0 Å². The average molecular weight is 630 g/mol. The van der Waals surface area contributed by atoms with Crippen LogP contribution in [0.1, 0.15) is 0 Å². The van der Waals surface area contributed by atoms with Crippen molar-refractivity contribution in [2.24, 2.45) is 0 Å². The van der Waals surface area contributed by atoms with Gasteiger partial charge in [-0.15, -0.1) is 11.3 Å². The molecule has 0 N–H and O–H groups in total. The van der Waals surface area contributed by atoms with Gasteiger partial charge in [0.15, 0.2) is 0 Å². The first-order valence-corrected chi connectivity index (χ1v) is 17.2. The van der Waals surface area contributed by atoms with Crippen molar-refractivity contribution in [2.45, 2.75) is 0 Å². The van der Waals surface area contributed by atoms with Crippen LogP contribution in [0.4, 0.5) is 17.1 Å². The number of anilines is 3. The molecule has 1 aromatic heterocycles. The molecule has 0 aliphatic rings. The van der Waals surface area contributed by atoms with Gasteiger partial charge in [0.1, 0.15) is 0 Å². The Morgan fingerprint density at radius 3 is 1.60 bits per heavy atom. The lowest BCUT2D eigenvalue weighted by molar-refractivity contribution is 1.28. The number of fused-ring (bicyclic) bond motifs is 5. The Bertz CT molecular complexity index is 2530. The van der Waals surface area contributed by atoms with Gasteiger partial charge in [-0.1, -0.05) is 140 Å². The molecule has 0 aliphatic carbocycles. The first-order valence-electron chi connectivity index (χ1n) is 16.4. The maximum absolute atomic E-state index is 2.39. The zero-order chi connectivity index (χ0) is 31.9. The SMILES string of the molecule is c1ccc(-c2ccc(N(c3ccccc3)c3ccc(-c4cc5sc6ccccc6c5c5ccccc45)cc3)c(-c3ccccc3)c2)cc1. The monoisotopic (exact) mass is 629 g/mol. The minimum absolute atomic E-state index is 1.11. The Labute approximate surface area is 284 Å². The fourth-order valence-electron chi connectivity index (χ4n) is 7.01. The number of benzene rings is 8. The highest BCUT2D eigenvalue weighted by molar-refractivity contribution is 7.26. The van der Waals surface area contributed by atoms with E-state index in [1.807, 2.05) is 11.3 Å². The van der Waals surface area contributed by atoms with Gasteiger partial charge in [0.25, 0.3) is 0 Å². The predicted molar refractivity (Wildman–Crippen MR) is 208 cm³/mol. The van der Waals surface area contributed by atoms with Gasteiger partial charge in [-0.05, 0) is 87.1 Å². The number of nitrogens with zero attached hydrogens (tertiary/aromatic N) is 1. The molecule has 8 aromatic carbocycles. The van der Waals surface area contributed by atoms with E-state index in [-0.39, 0.29) is 0 Å². The van der Waals surface area contributed by atoms with Crippen LogP contribution in [-0.4, -0.2) is 0 Å². The Hall–Kier alpha value is -5.96. The minimum Gasteiger partial charge on any atom is -0.310 e. The molecule has 9 aromatic rings. The van der Waals surface area contributed by atoms with Crippen molar-refractivity contribution in [2.75, 3.05) is 4.90 Å². The largest absolute Gasteiger partial charge is 0.310 e. The fourth-order valence-corrected chi connectivity index (χ4v) is 8.17. The van der Waals surface area contributed by atoms with Crippen LogP contribution in [0.2, 0.25) is 0 Å². The molecular formula is C46H31NS. The van der Waals surface area contributed by atoms with E-state index in [1.165, 1.54) is 64.3 Å². The van der Waals surface area contributed by atoms with Crippen LogP contribution in [0.5, 0.6) is 0 Å². The first-order chi connectivity index (χ1) is 23.8. The van der Waals surface area contributed by atoms with E-state index < -0.39 is 0 Å². The van der Waals surface area contributed by atoms with Crippen molar-refractivity contribution in [1.82, 2.24) is 0 Å². The predicted octanol–water partition coefficient (Wildman–Crippen LogP) is 13.7. The minimum atomic E-state index is 1.11. The molecule has 0 spiro atoms. The summed E-state index contributed by atoms with van der Waals surface area (Å²) in [5.41, 5.74) is 10.6. The Balaban J connectivity index is 1.21. The van der Waals surface area contributed by atoms with Crippen molar-refractivity contribution in [3.8, 4) is 33.4 Å². The normalized spacial score (nSPS) is 11.3. The topological polar surface area (TPSA) is 3.24 Å². The van der Waals surface area contributed by atoms with Gasteiger partial charge in [-0.3, -0.25) is 0 Å². The Morgan fingerprint density at radius 2 is 0.875 bits per heavy atom. The van der Waals surface area contributed by atoms with Crippen molar-refractivity contribution < 1.29 is 0 Å². The molecule has 2 heteroatoms. The number of hydrogen-bond donors (Lipinski definition) is 0. The molecule has 0 amide bonds. The molecule has 1 heterocycles. The lowest BCUT2D eigenvalue weighted by atomic mass is 9.94. The highest BCUT2D eigenvalue weighted by atomic mass is 32.1. The van der Waals surface area contributed by atoms with Crippen LogP contribution in [-0.2, 0) is 0 Å². The molecule has 0 atom stereocenters. The zero-order valence-corrected chi connectivity index (χ0v) is 27.1. The van der Waals surface area contributed by atoms with E-state index in [4.69, 9.17) is 0 Å². The van der Waals surface area contributed by atoms with Crippen molar-refractivity contribution in [1.29, 1.82) is 0 Å². The second-order valence-electron chi connectivity index (χ2n) is 12.1.